The van der Waals surface area contributed by atoms with Crippen LogP contribution in [-0.4, -0.2) is 43.0 Å². The van der Waals surface area contributed by atoms with Crippen LogP contribution in [0.15, 0.2) is 47.7 Å². The lowest BCUT2D eigenvalue weighted by Crippen LogP contribution is -2.43. The molecule has 1 aromatic carbocycles. The van der Waals surface area contributed by atoms with Crippen LogP contribution in [0, 0.1) is 5.41 Å². The van der Waals surface area contributed by atoms with Crippen molar-refractivity contribution in [1.82, 2.24) is 20.4 Å². The Hall–Kier alpha value is -2.34. The monoisotopic (exact) mass is 369 g/mol. The largest absolute Gasteiger partial charge is 0.385 e. The molecule has 3 rings (SSSR count). The molecule has 0 amide bonds. The van der Waals surface area contributed by atoms with Gasteiger partial charge in [-0.1, -0.05) is 31.0 Å². The number of aromatic nitrogens is 2. The van der Waals surface area contributed by atoms with Crippen molar-refractivity contribution in [1.29, 1.82) is 0 Å². The van der Waals surface area contributed by atoms with Gasteiger partial charge < -0.3 is 15.4 Å². The second-order valence-corrected chi connectivity index (χ2v) is 7.36. The van der Waals surface area contributed by atoms with E-state index < -0.39 is 0 Å². The summed E-state index contributed by atoms with van der Waals surface area (Å²) >= 11 is 0. The maximum absolute atomic E-state index is 5.32. The van der Waals surface area contributed by atoms with Crippen molar-refractivity contribution in [3.05, 3.63) is 48.3 Å². The third-order valence-corrected chi connectivity index (χ3v) is 5.47. The molecule has 146 valence electrons. The van der Waals surface area contributed by atoms with E-state index in [1.54, 1.807) is 7.11 Å². The van der Waals surface area contributed by atoms with Crippen molar-refractivity contribution in [2.75, 3.05) is 27.3 Å². The third-order valence-electron chi connectivity index (χ3n) is 5.47. The fraction of sp³-hybridized carbons (Fsp3) is 0.524. The number of aliphatic imine (C=N–C) groups is 1. The van der Waals surface area contributed by atoms with Gasteiger partial charge >= 0.3 is 0 Å². The predicted octanol–water partition coefficient (Wildman–Crippen LogP) is 3.13. The molecule has 6 heteroatoms. The Morgan fingerprint density at radius 2 is 2.00 bits per heavy atom. The number of para-hydroxylation sites is 1. The highest BCUT2D eigenvalue weighted by molar-refractivity contribution is 5.79. The summed E-state index contributed by atoms with van der Waals surface area (Å²) in [6, 6.07) is 10.1. The van der Waals surface area contributed by atoms with E-state index in [0.29, 0.717) is 12.0 Å². The minimum atomic E-state index is 0.339. The summed E-state index contributed by atoms with van der Waals surface area (Å²) in [5.41, 5.74) is 2.52. The Balaban J connectivity index is 1.51. The van der Waals surface area contributed by atoms with Crippen molar-refractivity contribution in [3.8, 4) is 5.69 Å². The molecule has 2 N–H and O–H groups in total. The maximum Gasteiger partial charge on any atom is 0.191 e. The summed E-state index contributed by atoms with van der Waals surface area (Å²) in [6.45, 7) is 2.46. The van der Waals surface area contributed by atoms with Crippen LogP contribution in [0.2, 0.25) is 0 Å². The molecule has 2 aromatic rings. The van der Waals surface area contributed by atoms with Crippen molar-refractivity contribution in [3.63, 3.8) is 0 Å². The highest BCUT2D eigenvalue weighted by Gasteiger charge is 2.33. The van der Waals surface area contributed by atoms with Crippen LogP contribution >= 0.6 is 0 Å². The summed E-state index contributed by atoms with van der Waals surface area (Å²) in [4.78, 5) is 4.38. The average Bonchev–Trinajstić information content (AvgIpc) is 3.37. The second kappa shape index (κ2) is 9.55. The molecular formula is C21H31N5O. The highest BCUT2D eigenvalue weighted by Crippen LogP contribution is 2.40. The van der Waals surface area contributed by atoms with E-state index in [0.717, 1.165) is 36.8 Å². The molecule has 0 spiro atoms. The molecule has 1 aliphatic rings. The number of ether oxygens (including phenoxy) is 1. The molecule has 0 unspecified atom stereocenters. The number of guanidine groups is 1. The number of benzene rings is 1. The number of methoxy groups -OCH3 is 1. The van der Waals surface area contributed by atoms with E-state index in [9.17, 15) is 0 Å². The van der Waals surface area contributed by atoms with Gasteiger partial charge in [0.2, 0.25) is 0 Å². The van der Waals surface area contributed by atoms with Gasteiger partial charge in [0, 0.05) is 45.6 Å². The smallest absolute Gasteiger partial charge is 0.191 e. The van der Waals surface area contributed by atoms with Crippen molar-refractivity contribution < 1.29 is 4.74 Å². The molecule has 1 fully saturated rings. The van der Waals surface area contributed by atoms with Crippen LogP contribution in [0.5, 0.6) is 0 Å². The SMILES string of the molecule is CN=C(NCc1cnn(-c2ccccc2)c1)NCC1(CCOC)CCCC1. The number of nitrogens with one attached hydrogen (secondary N) is 2. The van der Waals surface area contributed by atoms with Crippen molar-refractivity contribution in [2.24, 2.45) is 10.4 Å². The lowest BCUT2D eigenvalue weighted by Gasteiger charge is -2.29. The number of hydrogen-bond acceptors (Lipinski definition) is 3. The zero-order valence-electron chi connectivity index (χ0n) is 16.4. The molecule has 0 radical (unpaired) electrons. The summed E-state index contributed by atoms with van der Waals surface area (Å²) in [5.74, 6) is 0.839. The Morgan fingerprint density at radius 3 is 2.70 bits per heavy atom. The zero-order valence-corrected chi connectivity index (χ0v) is 16.4. The first kappa shape index (κ1) is 19.4. The van der Waals surface area contributed by atoms with Crippen LogP contribution in [0.25, 0.3) is 5.69 Å². The first-order valence-electron chi connectivity index (χ1n) is 9.77. The van der Waals surface area contributed by atoms with Gasteiger partial charge in [-0.2, -0.15) is 5.10 Å². The van der Waals surface area contributed by atoms with Crippen LogP contribution in [0.1, 0.15) is 37.7 Å². The fourth-order valence-corrected chi connectivity index (χ4v) is 3.81. The Morgan fingerprint density at radius 1 is 1.22 bits per heavy atom. The molecule has 0 atom stereocenters. The number of rotatable bonds is 8. The van der Waals surface area contributed by atoms with Gasteiger partial charge in [0.15, 0.2) is 5.96 Å². The lowest BCUT2D eigenvalue weighted by atomic mass is 9.83. The van der Waals surface area contributed by atoms with Gasteiger partial charge in [0.1, 0.15) is 0 Å². The molecule has 1 aliphatic carbocycles. The number of hydrogen-bond donors (Lipinski definition) is 2. The quantitative estimate of drug-likeness (QED) is 0.554. The van der Waals surface area contributed by atoms with Crippen LogP contribution in [0.4, 0.5) is 0 Å². The van der Waals surface area contributed by atoms with Gasteiger partial charge in [0.05, 0.1) is 11.9 Å². The molecule has 6 nitrogen and oxygen atoms in total. The topological polar surface area (TPSA) is 63.5 Å². The summed E-state index contributed by atoms with van der Waals surface area (Å²) in [6.07, 6.45) is 10.2. The van der Waals surface area contributed by atoms with E-state index in [1.165, 1.54) is 25.7 Å². The molecule has 27 heavy (non-hydrogen) atoms. The molecule has 1 heterocycles. The van der Waals surface area contributed by atoms with Crippen molar-refractivity contribution >= 4 is 5.96 Å². The lowest BCUT2D eigenvalue weighted by molar-refractivity contribution is 0.138. The van der Waals surface area contributed by atoms with Gasteiger partial charge in [-0.15, -0.1) is 0 Å². The van der Waals surface area contributed by atoms with E-state index in [2.05, 4.69) is 20.7 Å². The summed E-state index contributed by atoms with van der Waals surface area (Å²) in [5, 5.41) is 11.4. The van der Waals surface area contributed by atoms with Gasteiger partial charge in [-0.3, -0.25) is 4.99 Å². The van der Waals surface area contributed by atoms with Gasteiger partial charge in [-0.25, -0.2) is 4.68 Å². The van der Waals surface area contributed by atoms with Crippen LogP contribution in [0.3, 0.4) is 0 Å². The number of nitrogens with zero attached hydrogens (tertiary/aromatic N) is 3. The Labute approximate surface area is 162 Å². The minimum absolute atomic E-state index is 0.339. The fourth-order valence-electron chi connectivity index (χ4n) is 3.81. The minimum Gasteiger partial charge on any atom is -0.385 e. The summed E-state index contributed by atoms with van der Waals surface area (Å²) < 4.78 is 7.22. The molecule has 1 saturated carbocycles. The van der Waals surface area contributed by atoms with E-state index in [-0.39, 0.29) is 0 Å². The molecule has 0 bridgehead atoms. The van der Waals surface area contributed by atoms with Crippen LogP contribution in [-0.2, 0) is 11.3 Å². The van der Waals surface area contributed by atoms with E-state index in [1.807, 2.05) is 54.5 Å². The third kappa shape index (κ3) is 5.32. The first-order chi connectivity index (χ1) is 13.2. The molecule has 0 aliphatic heterocycles. The zero-order chi connectivity index (χ0) is 19.0. The highest BCUT2D eigenvalue weighted by atomic mass is 16.5. The molecule has 0 saturated heterocycles. The van der Waals surface area contributed by atoms with E-state index in [4.69, 9.17) is 4.74 Å². The maximum atomic E-state index is 5.32. The van der Waals surface area contributed by atoms with E-state index >= 15 is 0 Å². The molecular weight excluding hydrogens is 338 g/mol. The normalized spacial score (nSPS) is 16.4. The van der Waals surface area contributed by atoms with Crippen molar-refractivity contribution in [2.45, 2.75) is 38.6 Å². The first-order valence-corrected chi connectivity index (χ1v) is 9.77. The average molecular weight is 370 g/mol. The summed E-state index contributed by atoms with van der Waals surface area (Å²) in [7, 11) is 3.60. The molecule has 1 aromatic heterocycles. The Bertz CT molecular complexity index is 719. The van der Waals surface area contributed by atoms with Gasteiger partial charge in [-0.05, 0) is 36.8 Å². The Kier molecular flexibility index (Phi) is 6.87. The van der Waals surface area contributed by atoms with Crippen LogP contribution < -0.4 is 10.6 Å². The second-order valence-electron chi connectivity index (χ2n) is 7.36. The van der Waals surface area contributed by atoms with Gasteiger partial charge in [0.25, 0.3) is 0 Å². The standard InChI is InChI=1S/C21H31N5O/c1-22-20(24-17-21(12-13-27-2)10-6-7-11-21)23-14-18-15-25-26(16-18)19-8-4-3-5-9-19/h3-5,8-9,15-16H,6-7,10-14,17H2,1-2H3,(H2,22,23,24). The predicted molar refractivity (Wildman–Crippen MR) is 109 cm³/mol.